The fourth-order valence-corrected chi connectivity index (χ4v) is 2.57. The highest BCUT2D eigenvalue weighted by Crippen LogP contribution is 2.17. The van der Waals surface area contributed by atoms with E-state index >= 15 is 0 Å². The fraction of sp³-hybridized carbons (Fsp3) is 0.600. The van der Waals surface area contributed by atoms with Crippen molar-refractivity contribution in [1.82, 2.24) is 4.90 Å². The summed E-state index contributed by atoms with van der Waals surface area (Å²) in [5.41, 5.74) is 0. The summed E-state index contributed by atoms with van der Waals surface area (Å²) in [5, 5.41) is 30.4. The number of piperidine rings is 1. The zero-order valence-electron chi connectivity index (χ0n) is 8.28. The average molecular weight is 229 g/mol. The standard InChI is InChI=1S/C10H15NO3S/c12-8-5-11(6-9(13)10(8)14)4-7-2-1-3-15-7/h1-3,8-10,12-14H,4-6H2/t8-,9+,10?. The van der Waals surface area contributed by atoms with Crippen LogP contribution in [0.2, 0.25) is 0 Å². The average Bonchev–Trinajstić information content (AvgIpc) is 2.66. The van der Waals surface area contributed by atoms with Gasteiger partial charge in [0, 0.05) is 24.5 Å². The molecule has 2 heterocycles. The summed E-state index contributed by atoms with van der Waals surface area (Å²) in [6.07, 6.45) is -2.72. The van der Waals surface area contributed by atoms with E-state index in [1.54, 1.807) is 11.3 Å². The molecule has 1 aromatic rings. The molecule has 1 fully saturated rings. The Hall–Kier alpha value is -0.460. The van der Waals surface area contributed by atoms with Crippen molar-refractivity contribution in [3.05, 3.63) is 22.4 Å². The lowest BCUT2D eigenvalue weighted by atomic mass is 10.0. The Morgan fingerprint density at radius 2 is 1.93 bits per heavy atom. The van der Waals surface area contributed by atoms with Crippen molar-refractivity contribution in [3.63, 3.8) is 0 Å². The molecule has 1 aliphatic rings. The van der Waals surface area contributed by atoms with Crippen molar-refractivity contribution < 1.29 is 15.3 Å². The van der Waals surface area contributed by atoms with Crippen molar-refractivity contribution in [2.24, 2.45) is 0 Å². The first-order valence-corrected chi connectivity index (χ1v) is 5.83. The second kappa shape index (κ2) is 4.59. The highest BCUT2D eigenvalue weighted by molar-refractivity contribution is 7.09. The van der Waals surface area contributed by atoms with E-state index in [4.69, 9.17) is 0 Å². The van der Waals surface area contributed by atoms with Crippen LogP contribution in [0.4, 0.5) is 0 Å². The van der Waals surface area contributed by atoms with Crippen LogP contribution in [0.25, 0.3) is 0 Å². The first kappa shape index (κ1) is 11.0. The zero-order valence-corrected chi connectivity index (χ0v) is 9.10. The van der Waals surface area contributed by atoms with E-state index in [0.717, 1.165) is 6.54 Å². The molecule has 1 unspecified atom stereocenters. The van der Waals surface area contributed by atoms with Crippen LogP contribution in [0.5, 0.6) is 0 Å². The minimum absolute atomic E-state index is 0.413. The summed E-state index contributed by atoms with van der Waals surface area (Å²) in [7, 11) is 0. The van der Waals surface area contributed by atoms with Crippen LogP contribution in [-0.4, -0.2) is 51.6 Å². The van der Waals surface area contributed by atoms with Crippen LogP contribution < -0.4 is 0 Å². The highest BCUT2D eigenvalue weighted by Gasteiger charge is 2.33. The van der Waals surface area contributed by atoms with E-state index < -0.39 is 18.3 Å². The molecule has 1 aliphatic heterocycles. The smallest absolute Gasteiger partial charge is 0.108 e. The number of hydrogen-bond acceptors (Lipinski definition) is 5. The van der Waals surface area contributed by atoms with Gasteiger partial charge in [-0.2, -0.15) is 0 Å². The van der Waals surface area contributed by atoms with Gasteiger partial charge in [-0.05, 0) is 11.4 Å². The molecule has 0 aromatic carbocycles. The van der Waals surface area contributed by atoms with Gasteiger partial charge in [0.05, 0.1) is 12.2 Å². The number of likely N-dealkylation sites (tertiary alicyclic amines) is 1. The van der Waals surface area contributed by atoms with Crippen molar-refractivity contribution in [2.75, 3.05) is 13.1 Å². The normalized spacial score (nSPS) is 33.1. The van der Waals surface area contributed by atoms with Gasteiger partial charge in [-0.3, -0.25) is 4.90 Å². The van der Waals surface area contributed by atoms with Crippen molar-refractivity contribution in [3.8, 4) is 0 Å². The maximum absolute atomic E-state index is 9.50. The molecule has 84 valence electrons. The molecule has 0 spiro atoms. The number of hydrogen-bond donors (Lipinski definition) is 3. The number of thiophene rings is 1. The van der Waals surface area contributed by atoms with Gasteiger partial charge in [0.2, 0.25) is 0 Å². The van der Waals surface area contributed by atoms with Gasteiger partial charge in [0.25, 0.3) is 0 Å². The molecule has 5 heteroatoms. The molecule has 15 heavy (non-hydrogen) atoms. The number of rotatable bonds is 2. The molecule has 3 atom stereocenters. The molecule has 0 radical (unpaired) electrons. The van der Waals surface area contributed by atoms with Crippen LogP contribution in [0.3, 0.4) is 0 Å². The molecule has 3 N–H and O–H groups in total. The molecular formula is C10H15NO3S. The number of β-amino-alcohol motifs (C(OH)–C–C–N with tert-alkyl or cyclic N) is 2. The molecule has 0 bridgehead atoms. The zero-order chi connectivity index (χ0) is 10.8. The van der Waals surface area contributed by atoms with Crippen LogP contribution in [0.15, 0.2) is 17.5 Å². The summed E-state index contributed by atoms with van der Waals surface area (Å²) in [4.78, 5) is 3.15. The van der Waals surface area contributed by atoms with E-state index in [1.165, 1.54) is 4.88 Å². The highest BCUT2D eigenvalue weighted by atomic mass is 32.1. The molecular weight excluding hydrogens is 214 g/mol. The Labute approximate surface area is 92.4 Å². The summed E-state index contributed by atoms with van der Waals surface area (Å²) in [5.74, 6) is 0. The van der Waals surface area contributed by atoms with Gasteiger partial charge in [-0.25, -0.2) is 0 Å². The first-order chi connectivity index (χ1) is 7.16. The maximum Gasteiger partial charge on any atom is 0.108 e. The summed E-state index contributed by atoms with van der Waals surface area (Å²) < 4.78 is 0. The number of nitrogens with zero attached hydrogens (tertiary/aromatic N) is 1. The lowest BCUT2D eigenvalue weighted by Gasteiger charge is -2.36. The van der Waals surface area contributed by atoms with Crippen LogP contribution in [-0.2, 0) is 6.54 Å². The van der Waals surface area contributed by atoms with E-state index in [0.29, 0.717) is 13.1 Å². The Bertz CT molecular complexity index is 292. The Morgan fingerprint density at radius 1 is 1.27 bits per heavy atom. The first-order valence-electron chi connectivity index (χ1n) is 4.96. The lowest BCUT2D eigenvalue weighted by Crippen LogP contribution is -2.54. The van der Waals surface area contributed by atoms with E-state index in [9.17, 15) is 15.3 Å². The lowest BCUT2D eigenvalue weighted by molar-refractivity contribution is -0.111. The minimum atomic E-state index is -1.01. The molecule has 0 amide bonds. The van der Waals surface area contributed by atoms with Gasteiger partial charge in [0.1, 0.15) is 6.10 Å². The second-order valence-electron chi connectivity index (χ2n) is 3.90. The van der Waals surface area contributed by atoms with Gasteiger partial charge in [-0.1, -0.05) is 6.07 Å². The SMILES string of the molecule is OC1[C@H](O)CN(Cc2cccs2)C[C@@H]1O. The molecule has 0 saturated carbocycles. The second-order valence-corrected chi connectivity index (χ2v) is 4.93. The predicted molar refractivity (Wildman–Crippen MR) is 57.6 cm³/mol. The topological polar surface area (TPSA) is 63.9 Å². The van der Waals surface area contributed by atoms with Crippen molar-refractivity contribution in [1.29, 1.82) is 0 Å². The summed E-state index contributed by atoms with van der Waals surface area (Å²) >= 11 is 1.65. The van der Waals surface area contributed by atoms with Crippen molar-refractivity contribution in [2.45, 2.75) is 24.9 Å². The van der Waals surface area contributed by atoms with Gasteiger partial charge < -0.3 is 15.3 Å². The Kier molecular flexibility index (Phi) is 3.38. The van der Waals surface area contributed by atoms with Gasteiger partial charge >= 0.3 is 0 Å². The maximum atomic E-state index is 9.50. The van der Waals surface area contributed by atoms with E-state index in [-0.39, 0.29) is 0 Å². The van der Waals surface area contributed by atoms with Gasteiger partial charge in [0.15, 0.2) is 0 Å². The molecule has 4 nitrogen and oxygen atoms in total. The molecule has 1 saturated heterocycles. The van der Waals surface area contributed by atoms with E-state index in [2.05, 4.69) is 0 Å². The molecule has 1 aromatic heterocycles. The fourth-order valence-electron chi connectivity index (χ4n) is 1.83. The van der Waals surface area contributed by atoms with Crippen molar-refractivity contribution >= 4 is 11.3 Å². The predicted octanol–water partition coefficient (Wildman–Crippen LogP) is -0.354. The molecule has 0 aliphatic carbocycles. The number of aliphatic hydroxyl groups excluding tert-OH is 3. The quantitative estimate of drug-likeness (QED) is 0.648. The summed E-state index contributed by atoms with van der Waals surface area (Å²) in [6, 6.07) is 4.00. The monoisotopic (exact) mass is 229 g/mol. The Balaban J connectivity index is 1.94. The third-order valence-corrected chi connectivity index (χ3v) is 3.50. The van der Waals surface area contributed by atoms with Crippen LogP contribution >= 0.6 is 11.3 Å². The van der Waals surface area contributed by atoms with E-state index in [1.807, 2.05) is 22.4 Å². The molecule has 2 rings (SSSR count). The summed E-state index contributed by atoms with van der Waals surface area (Å²) in [6.45, 7) is 1.55. The number of aliphatic hydroxyl groups is 3. The van der Waals surface area contributed by atoms with Gasteiger partial charge in [-0.15, -0.1) is 11.3 Å². The van der Waals surface area contributed by atoms with Crippen LogP contribution in [0.1, 0.15) is 4.88 Å². The largest absolute Gasteiger partial charge is 0.389 e. The Morgan fingerprint density at radius 3 is 2.47 bits per heavy atom. The minimum Gasteiger partial charge on any atom is -0.389 e. The van der Waals surface area contributed by atoms with Crippen LogP contribution in [0, 0.1) is 0 Å². The third-order valence-electron chi connectivity index (χ3n) is 2.64. The third kappa shape index (κ3) is 2.56.